The molecule has 2 aromatic carbocycles. The van der Waals surface area contributed by atoms with E-state index in [1.54, 1.807) is 6.20 Å². The second-order valence-electron chi connectivity index (χ2n) is 5.31. The van der Waals surface area contributed by atoms with Crippen LogP contribution >= 0.6 is 0 Å². The molecule has 1 aromatic heterocycles. The molecule has 0 saturated carbocycles. The highest BCUT2D eigenvalue weighted by molar-refractivity contribution is 5.82. The first-order chi connectivity index (χ1) is 10.2. The van der Waals surface area contributed by atoms with Crippen molar-refractivity contribution >= 4 is 16.6 Å². The van der Waals surface area contributed by atoms with Gasteiger partial charge in [-0.3, -0.25) is 4.98 Å². The summed E-state index contributed by atoms with van der Waals surface area (Å²) in [4.78, 5) is 6.44. The Morgan fingerprint density at radius 3 is 2.57 bits per heavy atom. The van der Waals surface area contributed by atoms with E-state index in [1.807, 2.05) is 73.6 Å². The Bertz CT molecular complexity index is 763. The average molecular weight is 278 g/mol. The maximum atomic E-state index is 10.7. The van der Waals surface area contributed by atoms with Crippen LogP contribution in [0.1, 0.15) is 17.2 Å². The third-order valence-electron chi connectivity index (χ3n) is 3.66. The Balaban J connectivity index is 2.08. The highest BCUT2D eigenvalue weighted by Crippen LogP contribution is 2.29. The molecule has 0 bridgehead atoms. The molecule has 0 saturated heterocycles. The number of nitrogens with zero attached hydrogens (tertiary/aromatic N) is 2. The summed E-state index contributed by atoms with van der Waals surface area (Å²) >= 11 is 0. The van der Waals surface area contributed by atoms with Gasteiger partial charge < -0.3 is 10.0 Å². The summed E-state index contributed by atoms with van der Waals surface area (Å²) in [6, 6.07) is 17.8. The van der Waals surface area contributed by atoms with E-state index < -0.39 is 6.10 Å². The summed E-state index contributed by atoms with van der Waals surface area (Å²) in [7, 11) is 3.98. The van der Waals surface area contributed by atoms with Gasteiger partial charge in [0.2, 0.25) is 0 Å². The molecule has 0 radical (unpaired) electrons. The lowest BCUT2D eigenvalue weighted by Crippen LogP contribution is -2.09. The fraction of sp³-hybridized carbons (Fsp3) is 0.167. The second-order valence-corrected chi connectivity index (χ2v) is 5.31. The summed E-state index contributed by atoms with van der Waals surface area (Å²) in [6.07, 6.45) is 1.08. The van der Waals surface area contributed by atoms with Crippen molar-refractivity contribution in [2.75, 3.05) is 19.0 Å². The molecule has 1 atom stereocenters. The van der Waals surface area contributed by atoms with Gasteiger partial charge in [-0.05, 0) is 23.8 Å². The van der Waals surface area contributed by atoms with Crippen LogP contribution in [0.4, 0.5) is 5.69 Å². The van der Waals surface area contributed by atoms with Gasteiger partial charge in [0.05, 0.1) is 5.52 Å². The van der Waals surface area contributed by atoms with Crippen LogP contribution in [0.3, 0.4) is 0 Å². The fourth-order valence-corrected chi connectivity index (χ4v) is 2.50. The zero-order valence-corrected chi connectivity index (χ0v) is 12.2. The Kier molecular flexibility index (Phi) is 3.59. The number of anilines is 1. The van der Waals surface area contributed by atoms with Gasteiger partial charge in [-0.2, -0.15) is 0 Å². The van der Waals surface area contributed by atoms with Gasteiger partial charge in [-0.1, -0.05) is 36.4 Å². The number of aliphatic hydroxyl groups is 1. The predicted octanol–water partition coefficient (Wildman–Crippen LogP) is 3.38. The van der Waals surface area contributed by atoms with Gasteiger partial charge in [0.15, 0.2) is 0 Å². The van der Waals surface area contributed by atoms with Crippen LogP contribution in [-0.2, 0) is 0 Å². The Morgan fingerprint density at radius 2 is 1.76 bits per heavy atom. The van der Waals surface area contributed by atoms with Crippen molar-refractivity contribution in [3.8, 4) is 0 Å². The first-order valence-electron chi connectivity index (χ1n) is 6.96. The van der Waals surface area contributed by atoms with E-state index in [4.69, 9.17) is 0 Å². The van der Waals surface area contributed by atoms with Crippen molar-refractivity contribution in [1.82, 2.24) is 4.98 Å². The average Bonchev–Trinajstić information content (AvgIpc) is 2.53. The van der Waals surface area contributed by atoms with Crippen LogP contribution in [0.25, 0.3) is 10.9 Å². The predicted molar refractivity (Wildman–Crippen MR) is 86.6 cm³/mol. The number of rotatable bonds is 3. The minimum Gasteiger partial charge on any atom is -0.384 e. The minimum absolute atomic E-state index is 0.677. The second kappa shape index (κ2) is 5.54. The number of hydrogen-bond acceptors (Lipinski definition) is 3. The first kappa shape index (κ1) is 13.6. The van der Waals surface area contributed by atoms with Crippen molar-refractivity contribution in [3.63, 3.8) is 0 Å². The third-order valence-corrected chi connectivity index (χ3v) is 3.66. The molecule has 0 aliphatic rings. The SMILES string of the molecule is CN(C)c1cccc(C(O)c2cccc3cccnc23)c1. The normalized spacial score (nSPS) is 12.3. The number of aliphatic hydroxyl groups excluding tert-OH is 1. The van der Waals surface area contributed by atoms with Crippen molar-refractivity contribution in [2.45, 2.75) is 6.10 Å². The lowest BCUT2D eigenvalue weighted by Gasteiger charge is -2.17. The van der Waals surface area contributed by atoms with Gasteiger partial charge in [-0.25, -0.2) is 0 Å². The Hall–Kier alpha value is -2.39. The van der Waals surface area contributed by atoms with Gasteiger partial charge in [-0.15, -0.1) is 0 Å². The molecule has 0 aliphatic carbocycles. The highest BCUT2D eigenvalue weighted by Gasteiger charge is 2.14. The lowest BCUT2D eigenvalue weighted by atomic mass is 9.98. The smallest absolute Gasteiger partial charge is 0.106 e. The number of aromatic nitrogens is 1. The van der Waals surface area contributed by atoms with E-state index in [0.29, 0.717) is 0 Å². The molecule has 0 spiro atoms. The third kappa shape index (κ3) is 2.60. The van der Waals surface area contributed by atoms with Gasteiger partial charge in [0, 0.05) is 36.9 Å². The number of fused-ring (bicyclic) bond motifs is 1. The van der Waals surface area contributed by atoms with Crippen molar-refractivity contribution in [3.05, 3.63) is 71.9 Å². The molecular weight excluding hydrogens is 260 g/mol. The molecular formula is C18H18N2O. The molecule has 3 nitrogen and oxygen atoms in total. The van der Waals surface area contributed by atoms with Gasteiger partial charge in [0.25, 0.3) is 0 Å². The lowest BCUT2D eigenvalue weighted by molar-refractivity contribution is 0.221. The van der Waals surface area contributed by atoms with E-state index in [0.717, 1.165) is 27.7 Å². The molecule has 1 heterocycles. The number of para-hydroxylation sites is 1. The summed E-state index contributed by atoms with van der Waals surface area (Å²) < 4.78 is 0. The van der Waals surface area contributed by atoms with E-state index in [2.05, 4.69) is 4.98 Å². The first-order valence-corrected chi connectivity index (χ1v) is 6.96. The van der Waals surface area contributed by atoms with E-state index >= 15 is 0 Å². The van der Waals surface area contributed by atoms with Crippen LogP contribution < -0.4 is 4.90 Å². The molecule has 21 heavy (non-hydrogen) atoms. The van der Waals surface area contributed by atoms with E-state index in [1.165, 1.54) is 0 Å². The maximum Gasteiger partial charge on any atom is 0.106 e. The van der Waals surface area contributed by atoms with Crippen LogP contribution in [0.5, 0.6) is 0 Å². The topological polar surface area (TPSA) is 36.4 Å². The monoisotopic (exact) mass is 278 g/mol. The maximum absolute atomic E-state index is 10.7. The summed E-state index contributed by atoms with van der Waals surface area (Å²) in [5.74, 6) is 0. The van der Waals surface area contributed by atoms with Crippen molar-refractivity contribution in [2.24, 2.45) is 0 Å². The zero-order chi connectivity index (χ0) is 14.8. The largest absolute Gasteiger partial charge is 0.384 e. The van der Waals surface area contributed by atoms with Crippen molar-refractivity contribution in [1.29, 1.82) is 0 Å². The van der Waals surface area contributed by atoms with E-state index in [-0.39, 0.29) is 0 Å². The van der Waals surface area contributed by atoms with Gasteiger partial charge in [0.1, 0.15) is 6.10 Å². The number of hydrogen-bond donors (Lipinski definition) is 1. The molecule has 3 heteroatoms. The molecule has 1 unspecified atom stereocenters. The molecule has 0 amide bonds. The van der Waals surface area contributed by atoms with Crippen LogP contribution in [0.2, 0.25) is 0 Å². The molecule has 0 fully saturated rings. The Morgan fingerprint density at radius 1 is 1.00 bits per heavy atom. The molecule has 3 rings (SSSR count). The Labute approximate surface area is 124 Å². The number of pyridine rings is 1. The quantitative estimate of drug-likeness (QED) is 0.798. The van der Waals surface area contributed by atoms with Crippen LogP contribution in [0.15, 0.2) is 60.8 Å². The minimum atomic E-state index is -0.677. The van der Waals surface area contributed by atoms with E-state index in [9.17, 15) is 5.11 Å². The van der Waals surface area contributed by atoms with Gasteiger partial charge >= 0.3 is 0 Å². The molecule has 1 N–H and O–H groups in total. The molecule has 3 aromatic rings. The standard InChI is InChI=1S/C18H18N2O/c1-20(2)15-9-3-7-14(12-15)18(21)16-10-4-6-13-8-5-11-19-17(13)16/h3-12,18,21H,1-2H3. The fourth-order valence-electron chi connectivity index (χ4n) is 2.50. The number of benzene rings is 2. The molecule has 0 aliphatic heterocycles. The van der Waals surface area contributed by atoms with Crippen LogP contribution in [0, 0.1) is 0 Å². The highest BCUT2D eigenvalue weighted by atomic mass is 16.3. The summed E-state index contributed by atoms with van der Waals surface area (Å²) in [5, 5.41) is 11.8. The summed E-state index contributed by atoms with van der Waals surface area (Å²) in [5.41, 5.74) is 3.63. The van der Waals surface area contributed by atoms with Crippen LogP contribution in [-0.4, -0.2) is 24.2 Å². The molecule has 106 valence electrons. The zero-order valence-electron chi connectivity index (χ0n) is 12.2. The van der Waals surface area contributed by atoms with Crippen molar-refractivity contribution < 1.29 is 5.11 Å². The summed E-state index contributed by atoms with van der Waals surface area (Å²) in [6.45, 7) is 0.